The van der Waals surface area contributed by atoms with E-state index in [9.17, 15) is 9.90 Å². The number of carbonyl (C=O) groups is 1. The second-order valence-electron chi connectivity index (χ2n) is 5.08. The van der Waals surface area contributed by atoms with Crippen LogP contribution in [0.25, 0.3) is 5.69 Å². The van der Waals surface area contributed by atoms with Gasteiger partial charge in [0, 0.05) is 0 Å². The van der Waals surface area contributed by atoms with Crippen LogP contribution >= 0.6 is 0 Å². The van der Waals surface area contributed by atoms with E-state index >= 15 is 0 Å². The molecule has 0 saturated carbocycles. The van der Waals surface area contributed by atoms with E-state index in [0.29, 0.717) is 5.56 Å². The second-order valence-corrected chi connectivity index (χ2v) is 5.08. The summed E-state index contributed by atoms with van der Waals surface area (Å²) in [5.74, 6) is -0.869. The molecule has 1 aromatic heterocycles. The highest BCUT2D eigenvalue weighted by Gasteiger charge is 2.16. The monoisotopic (exact) mass is 331 g/mol. The number of carbonyl (C=O) groups excluding carboxylic acids is 1. The number of hydrazone groups is 1. The highest BCUT2D eigenvalue weighted by Crippen LogP contribution is 2.17. The molecular formula is C18H13N5O2. The van der Waals surface area contributed by atoms with E-state index in [-0.39, 0.29) is 11.4 Å². The molecule has 2 N–H and O–H groups in total. The maximum Gasteiger partial charge on any atom is 0.295 e. The number of hydrogen-bond acceptors (Lipinski definition) is 5. The molecule has 122 valence electrons. The lowest BCUT2D eigenvalue weighted by atomic mass is 10.2. The average molecular weight is 331 g/mol. The molecule has 25 heavy (non-hydrogen) atoms. The first-order valence-electron chi connectivity index (χ1n) is 7.35. The smallest absolute Gasteiger partial charge is 0.295 e. The number of nitrogens with zero attached hydrogens (tertiary/aromatic N) is 4. The molecule has 0 aliphatic carbocycles. The zero-order chi connectivity index (χ0) is 17.6. The van der Waals surface area contributed by atoms with Crippen LogP contribution in [0, 0.1) is 11.3 Å². The van der Waals surface area contributed by atoms with Gasteiger partial charge in [-0.05, 0) is 29.8 Å². The van der Waals surface area contributed by atoms with Gasteiger partial charge in [-0.25, -0.2) is 10.1 Å². The van der Waals surface area contributed by atoms with E-state index < -0.39 is 5.91 Å². The van der Waals surface area contributed by atoms with E-state index in [4.69, 9.17) is 5.26 Å². The summed E-state index contributed by atoms with van der Waals surface area (Å²) >= 11 is 0. The van der Waals surface area contributed by atoms with Gasteiger partial charge in [0.2, 0.25) is 0 Å². The number of aromatic hydroxyl groups is 1. The van der Waals surface area contributed by atoms with Gasteiger partial charge in [-0.1, -0.05) is 30.3 Å². The number of rotatable bonds is 4. The van der Waals surface area contributed by atoms with Gasteiger partial charge in [0.15, 0.2) is 11.4 Å². The zero-order valence-corrected chi connectivity index (χ0v) is 13.0. The molecule has 7 heteroatoms. The largest absolute Gasteiger partial charge is 0.504 e. The van der Waals surface area contributed by atoms with Gasteiger partial charge in [0.05, 0.1) is 29.7 Å². The molecule has 0 radical (unpaired) electrons. The number of benzene rings is 2. The predicted molar refractivity (Wildman–Crippen MR) is 91.4 cm³/mol. The molecular weight excluding hydrogens is 318 g/mol. The molecule has 7 nitrogen and oxygen atoms in total. The molecule has 3 aromatic rings. The summed E-state index contributed by atoms with van der Waals surface area (Å²) in [6.45, 7) is 0. The van der Waals surface area contributed by atoms with Crippen LogP contribution in [0.2, 0.25) is 0 Å². The van der Waals surface area contributed by atoms with Gasteiger partial charge >= 0.3 is 0 Å². The fraction of sp³-hybridized carbons (Fsp3) is 0. The fourth-order valence-corrected chi connectivity index (χ4v) is 2.10. The highest BCUT2D eigenvalue weighted by atomic mass is 16.3. The molecule has 1 heterocycles. The van der Waals surface area contributed by atoms with E-state index in [0.717, 1.165) is 11.3 Å². The summed E-state index contributed by atoms with van der Waals surface area (Å²) in [4.78, 5) is 12.1. The Morgan fingerprint density at radius 2 is 1.92 bits per heavy atom. The number of amides is 1. The third-order valence-corrected chi connectivity index (χ3v) is 3.35. The van der Waals surface area contributed by atoms with Crippen molar-refractivity contribution >= 4 is 12.1 Å². The van der Waals surface area contributed by atoms with Crippen LogP contribution in [-0.2, 0) is 0 Å². The zero-order valence-electron chi connectivity index (χ0n) is 13.0. The minimum atomic E-state index is -0.628. The Hall–Kier alpha value is -3.92. The first kappa shape index (κ1) is 16.0. The number of hydrogen-bond donors (Lipinski definition) is 2. The SMILES string of the molecule is N#Cc1ccc(/C=N/NC(=O)c2nn(-c3ccccc3)cc2O)cc1. The molecule has 0 fully saturated rings. The van der Waals surface area contributed by atoms with Crippen molar-refractivity contribution in [2.24, 2.45) is 5.10 Å². The molecule has 2 aromatic carbocycles. The Balaban J connectivity index is 1.70. The van der Waals surface area contributed by atoms with E-state index in [2.05, 4.69) is 15.6 Å². The molecule has 0 bridgehead atoms. The first-order valence-corrected chi connectivity index (χ1v) is 7.35. The Bertz CT molecular complexity index is 953. The van der Waals surface area contributed by atoms with Crippen molar-refractivity contribution in [1.82, 2.24) is 15.2 Å². The Labute approximate surface area is 143 Å². The lowest BCUT2D eigenvalue weighted by Gasteiger charge is -1.99. The number of nitriles is 1. The van der Waals surface area contributed by atoms with Gasteiger partial charge in [-0.3, -0.25) is 4.79 Å². The van der Waals surface area contributed by atoms with Crippen molar-refractivity contribution in [3.8, 4) is 17.5 Å². The van der Waals surface area contributed by atoms with Crippen molar-refractivity contribution in [1.29, 1.82) is 5.26 Å². The van der Waals surface area contributed by atoms with Crippen molar-refractivity contribution in [3.05, 3.63) is 77.6 Å². The lowest BCUT2D eigenvalue weighted by molar-refractivity contribution is 0.0947. The minimum Gasteiger partial charge on any atom is -0.504 e. The molecule has 0 aliphatic rings. The van der Waals surface area contributed by atoms with Crippen molar-refractivity contribution in [2.45, 2.75) is 0 Å². The molecule has 0 atom stereocenters. The maximum atomic E-state index is 12.1. The maximum absolute atomic E-state index is 12.1. The number of nitrogens with one attached hydrogen (secondary N) is 1. The third kappa shape index (κ3) is 3.71. The predicted octanol–water partition coefficient (Wildman–Crippen LogP) is 2.21. The fourth-order valence-electron chi connectivity index (χ4n) is 2.10. The van der Waals surface area contributed by atoms with Gasteiger partial charge < -0.3 is 5.11 Å². The third-order valence-electron chi connectivity index (χ3n) is 3.35. The van der Waals surface area contributed by atoms with Gasteiger partial charge in [0.25, 0.3) is 5.91 Å². The van der Waals surface area contributed by atoms with Crippen molar-refractivity contribution < 1.29 is 9.90 Å². The molecule has 3 rings (SSSR count). The average Bonchev–Trinajstić information content (AvgIpc) is 3.05. The highest BCUT2D eigenvalue weighted by molar-refractivity contribution is 5.95. The molecule has 0 unspecified atom stereocenters. The second kappa shape index (κ2) is 7.10. The standard InChI is InChI=1S/C18H13N5O2/c19-10-13-6-8-14(9-7-13)11-20-21-18(25)17-16(24)12-23(22-17)15-4-2-1-3-5-15/h1-9,11-12,24H,(H,21,25)/b20-11+. The Morgan fingerprint density at radius 3 is 2.60 bits per heavy atom. The van der Waals surface area contributed by atoms with Crippen molar-refractivity contribution in [3.63, 3.8) is 0 Å². The number of aromatic nitrogens is 2. The minimum absolute atomic E-state index is 0.124. The summed E-state index contributed by atoms with van der Waals surface area (Å²) in [6.07, 6.45) is 2.79. The van der Waals surface area contributed by atoms with Crippen LogP contribution in [0.15, 0.2) is 65.9 Å². The van der Waals surface area contributed by atoms with Crippen LogP contribution in [0.4, 0.5) is 0 Å². The normalized spacial score (nSPS) is 10.5. The summed E-state index contributed by atoms with van der Waals surface area (Å²) in [5, 5.41) is 26.6. The summed E-state index contributed by atoms with van der Waals surface area (Å²) in [6, 6.07) is 17.8. The van der Waals surface area contributed by atoms with E-state index in [1.54, 1.807) is 36.4 Å². The van der Waals surface area contributed by atoms with Crippen LogP contribution in [0.3, 0.4) is 0 Å². The van der Waals surface area contributed by atoms with Crippen LogP contribution in [0.5, 0.6) is 5.75 Å². The van der Waals surface area contributed by atoms with Crippen LogP contribution in [-0.4, -0.2) is 27.0 Å². The Kier molecular flexibility index (Phi) is 4.53. The van der Waals surface area contributed by atoms with Crippen LogP contribution < -0.4 is 5.43 Å². The molecule has 1 amide bonds. The van der Waals surface area contributed by atoms with Crippen LogP contribution in [0.1, 0.15) is 21.6 Å². The summed E-state index contributed by atoms with van der Waals surface area (Å²) in [7, 11) is 0. The lowest BCUT2D eigenvalue weighted by Crippen LogP contribution is -2.18. The topological polar surface area (TPSA) is 103 Å². The van der Waals surface area contributed by atoms with Gasteiger partial charge in [0.1, 0.15) is 0 Å². The molecule has 0 aliphatic heterocycles. The van der Waals surface area contributed by atoms with E-state index in [1.165, 1.54) is 17.1 Å². The quantitative estimate of drug-likeness (QED) is 0.565. The summed E-state index contributed by atoms with van der Waals surface area (Å²) < 4.78 is 1.41. The van der Waals surface area contributed by atoms with Crippen molar-refractivity contribution in [2.75, 3.05) is 0 Å². The Morgan fingerprint density at radius 1 is 1.20 bits per heavy atom. The van der Waals surface area contributed by atoms with Gasteiger partial charge in [-0.2, -0.15) is 15.5 Å². The first-order chi connectivity index (χ1) is 12.2. The van der Waals surface area contributed by atoms with E-state index in [1.807, 2.05) is 24.3 Å². The molecule has 0 saturated heterocycles. The van der Waals surface area contributed by atoms with Gasteiger partial charge in [-0.15, -0.1) is 0 Å². The number of para-hydroxylation sites is 1. The summed E-state index contributed by atoms with van der Waals surface area (Å²) in [5.41, 5.74) is 4.17. The molecule has 0 spiro atoms.